The van der Waals surface area contributed by atoms with Crippen molar-refractivity contribution in [1.82, 2.24) is 9.88 Å². The second-order valence-electron chi connectivity index (χ2n) is 4.62. The van der Waals surface area contributed by atoms with Crippen molar-refractivity contribution in [3.8, 4) is 0 Å². The van der Waals surface area contributed by atoms with E-state index in [1.54, 1.807) is 0 Å². The van der Waals surface area contributed by atoms with E-state index < -0.39 is 0 Å². The highest BCUT2D eigenvalue weighted by Crippen LogP contribution is 2.24. The highest BCUT2D eigenvalue weighted by molar-refractivity contribution is 7.14. The van der Waals surface area contributed by atoms with Crippen LogP contribution in [0, 0.1) is 6.92 Å². The lowest BCUT2D eigenvalue weighted by molar-refractivity contribution is 0.0979. The monoisotopic (exact) mass is 288 g/mol. The number of hydrogen-bond donors (Lipinski definition) is 1. The predicted molar refractivity (Wildman–Crippen MR) is 72.5 cm³/mol. The summed E-state index contributed by atoms with van der Waals surface area (Å²) in [5, 5.41) is 10.6. The average molecular weight is 289 g/mol. The van der Waals surface area contributed by atoms with Crippen LogP contribution < -0.4 is 0 Å². The lowest BCUT2D eigenvalue weighted by atomic mass is 10.2. The van der Waals surface area contributed by atoms with Gasteiger partial charge in [-0.2, -0.15) is 0 Å². The third kappa shape index (κ3) is 3.51. The normalized spacial score (nSPS) is 20.5. The summed E-state index contributed by atoms with van der Waals surface area (Å²) in [6.45, 7) is 4.36. The molecule has 1 atom stereocenters. The first kappa shape index (κ1) is 13.9. The van der Waals surface area contributed by atoms with Crippen LogP contribution in [0.5, 0.6) is 0 Å². The van der Waals surface area contributed by atoms with Crippen LogP contribution in [-0.2, 0) is 0 Å². The topological polar surface area (TPSA) is 53.4 Å². The Labute approximate surface area is 116 Å². The Hall–Kier alpha value is -0.490. The molecule has 18 heavy (non-hydrogen) atoms. The number of likely N-dealkylation sites (tertiary alicyclic amines) is 1. The lowest BCUT2D eigenvalue weighted by Crippen LogP contribution is -2.23. The molecule has 1 aromatic rings. The number of ketones is 1. The minimum Gasteiger partial charge on any atom is -0.392 e. The molecule has 0 bridgehead atoms. The van der Waals surface area contributed by atoms with Gasteiger partial charge in [0.1, 0.15) is 4.88 Å². The number of aryl methyl sites for hydroxylation is 1. The third-order valence-corrected chi connectivity index (χ3v) is 4.47. The second kappa shape index (κ2) is 6.10. The van der Waals surface area contributed by atoms with E-state index >= 15 is 0 Å². The summed E-state index contributed by atoms with van der Waals surface area (Å²) in [5.41, 5.74) is 0. The van der Waals surface area contributed by atoms with Gasteiger partial charge in [-0.1, -0.05) is 11.6 Å². The number of Topliss-reactive ketones (excluding diaryl/α,β-unsaturated/α-hetero) is 1. The van der Waals surface area contributed by atoms with Crippen LogP contribution in [0.3, 0.4) is 0 Å². The number of carbonyl (C=O) groups excluding carboxylic acids is 1. The number of halogens is 1. The molecule has 2 heterocycles. The molecule has 1 aromatic heterocycles. The average Bonchev–Trinajstić information content (AvgIpc) is 2.85. The zero-order valence-electron chi connectivity index (χ0n) is 10.4. The minimum absolute atomic E-state index is 0.0744. The van der Waals surface area contributed by atoms with Crippen LogP contribution in [0.15, 0.2) is 0 Å². The van der Waals surface area contributed by atoms with Crippen molar-refractivity contribution in [3.63, 3.8) is 0 Å². The minimum atomic E-state index is -0.195. The first-order chi connectivity index (χ1) is 8.56. The van der Waals surface area contributed by atoms with Crippen molar-refractivity contribution in [2.75, 3.05) is 19.6 Å². The fourth-order valence-electron chi connectivity index (χ4n) is 2.17. The van der Waals surface area contributed by atoms with Crippen molar-refractivity contribution in [2.45, 2.75) is 32.3 Å². The van der Waals surface area contributed by atoms with Crippen molar-refractivity contribution in [3.05, 3.63) is 15.0 Å². The first-order valence-corrected chi connectivity index (χ1v) is 7.32. The maximum absolute atomic E-state index is 11.9. The molecule has 1 N–H and O–H groups in total. The van der Waals surface area contributed by atoms with Gasteiger partial charge in [0.2, 0.25) is 0 Å². The molecule has 1 aliphatic rings. The summed E-state index contributed by atoms with van der Waals surface area (Å²) in [4.78, 5) is 18.8. The van der Waals surface area contributed by atoms with E-state index in [4.69, 9.17) is 11.6 Å². The fourth-order valence-corrected chi connectivity index (χ4v) is 3.34. The Morgan fingerprint density at radius 2 is 2.44 bits per heavy atom. The summed E-state index contributed by atoms with van der Waals surface area (Å²) in [6, 6.07) is 0. The number of aromatic nitrogens is 1. The van der Waals surface area contributed by atoms with Gasteiger partial charge in [-0.15, -0.1) is 11.3 Å². The number of carbonyl (C=O) groups is 1. The Bertz CT molecular complexity index is 436. The number of hydrogen-bond acceptors (Lipinski definition) is 5. The van der Waals surface area contributed by atoms with Crippen LogP contribution in [0.25, 0.3) is 0 Å². The van der Waals surface area contributed by atoms with Gasteiger partial charge in [0.05, 0.1) is 11.1 Å². The number of thiazole rings is 1. The number of nitrogens with zero attached hydrogens (tertiary/aromatic N) is 2. The molecule has 2 rings (SSSR count). The summed E-state index contributed by atoms with van der Waals surface area (Å²) < 4.78 is 0. The quantitative estimate of drug-likeness (QED) is 0.844. The maximum atomic E-state index is 11.9. The van der Waals surface area contributed by atoms with Crippen molar-refractivity contribution < 1.29 is 9.90 Å². The molecule has 1 saturated heterocycles. The summed E-state index contributed by atoms with van der Waals surface area (Å²) in [5.74, 6) is 0.0744. The van der Waals surface area contributed by atoms with E-state index in [-0.39, 0.29) is 11.9 Å². The molecule has 1 unspecified atom stereocenters. The molecule has 0 amide bonds. The van der Waals surface area contributed by atoms with Crippen LogP contribution in [-0.4, -0.2) is 46.5 Å². The van der Waals surface area contributed by atoms with Crippen LogP contribution >= 0.6 is 22.9 Å². The van der Waals surface area contributed by atoms with Gasteiger partial charge < -0.3 is 10.0 Å². The van der Waals surface area contributed by atoms with E-state index in [0.717, 1.165) is 37.5 Å². The van der Waals surface area contributed by atoms with E-state index in [0.29, 0.717) is 16.5 Å². The van der Waals surface area contributed by atoms with Crippen LogP contribution in [0.4, 0.5) is 0 Å². The summed E-state index contributed by atoms with van der Waals surface area (Å²) >= 11 is 7.26. The smallest absolute Gasteiger partial charge is 0.176 e. The van der Waals surface area contributed by atoms with E-state index in [2.05, 4.69) is 9.88 Å². The van der Waals surface area contributed by atoms with E-state index in [1.807, 2.05) is 6.92 Å². The lowest BCUT2D eigenvalue weighted by Gasteiger charge is -2.13. The standard InChI is InChI=1S/C12H17ClN2O2S/c1-8-14-12(13)11(18-8)10(17)3-2-5-15-6-4-9(16)7-15/h9,16H,2-7H2,1H3. The zero-order chi connectivity index (χ0) is 13.1. The number of β-amino-alcohol motifs (C(OH)–C–C–N with tert-alkyl or cyclic N) is 1. The van der Waals surface area contributed by atoms with Gasteiger partial charge in [-0.05, 0) is 26.3 Å². The van der Waals surface area contributed by atoms with Crippen LogP contribution in [0.2, 0.25) is 5.15 Å². The highest BCUT2D eigenvalue weighted by Gasteiger charge is 2.20. The summed E-state index contributed by atoms with van der Waals surface area (Å²) in [7, 11) is 0. The van der Waals surface area contributed by atoms with Gasteiger partial charge in [-0.3, -0.25) is 4.79 Å². The van der Waals surface area contributed by atoms with E-state index in [1.165, 1.54) is 11.3 Å². The van der Waals surface area contributed by atoms with Gasteiger partial charge in [0.15, 0.2) is 10.9 Å². The van der Waals surface area contributed by atoms with Gasteiger partial charge in [0, 0.05) is 19.5 Å². The predicted octanol–water partition coefficient (Wildman–Crippen LogP) is 2.13. The van der Waals surface area contributed by atoms with Crippen LogP contribution in [0.1, 0.15) is 33.9 Å². The molecular weight excluding hydrogens is 272 g/mol. The molecule has 0 aliphatic carbocycles. The van der Waals surface area contributed by atoms with Crippen molar-refractivity contribution in [1.29, 1.82) is 0 Å². The Balaban J connectivity index is 1.77. The van der Waals surface area contributed by atoms with E-state index in [9.17, 15) is 9.90 Å². The van der Waals surface area contributed by atoms with Gasteiger partial charge in [0.25, 0.3) is 0 Å². The molecule has 0 spiro atoms. The molecule has 1 fully saturated rings. The first-order valence-electron chi connectivity index (χ1n) is 6.13. The second-order valence-corrected chi connectivity index (χ2v) is 6.18. The Morgan fingerprint density at radius 1 is 1.67 bits per heavy atom. The molecular formula is C12H17ClN2O2S. The zero-order valence-corrected chi connectivity index (χ0v) is 11.9. The van der Waals surface area contributed by atoms with Gasteiger partial charge >= 0.3 is 0 Å². The molecule has 0 aromatic carbocycles. The van der Waals surface area contributed by atoms with Crippen molar-refractivity contribution in [2.24, 2.45) is 0 Å². The molecule has 0 saturated carbocycles. The maximum Gasteiger partial charge on any atom is 0.176 e. The van der Waals surface area contributed by atoms with Gasteiger partial charge in [-0.25, -0.2) is 4.98 Å². The molecule has 0 radical (unpaired) electrons. The highest BCUT2D eigenvalue weighted by atomic mass is 35.5. The number of rotatable bonds is 5. The number of aliphatic hydroxyl groups excluding tert-OH is 1. The molecule has 6 heteroatoms. The summed E-state index contributed by atoms with van der Waals surface area (Å²) in [6.07, 6.45) is 1.94. The third-order valence-electron chi connectivity index (χ3n) is 3.07. The van der Waals surface area contributed by atoms with Crippen molar-refractivity contribution >= 4 is 28.7 Å². The molecule has 100 valence electrons. The SMILES string of the molecule is Cc1nc(Cl)c(C(=O)CCCN2CCC(O)C2)s1. The Kier molecular flexibility index (Phi) is 4.72. The largest absolute Gasteiger partial charge is 0.392 e. The molecule has 4 nitrogen and oxygen atoms in total. The Morgan fingerprint density at radius 3 is 3.00 bits per heavy atom. The molecule has 1 aliphatic heterocycles. The fraction of sp³-hybridized carbons (Fsp3) is 0.667. The number of aliphatic hydroxyl groups is 1.